The summed E-state index contributed by atoms with van der Waals surface area (Å²) in [6, 6.07) is 8.30. The van der Waals surface area contributed by atoms with Gasteiger partial charge in [-0.3, -0.25) is 4.79 Å². The fourth-order valence-corrected chi connectivity index (χ4v) is 2.43. The predicted molar refractivity (Wildman–Crippen MR) is 75.5 cm³/mol. The highest BCUT2D eigenvalue weighted by molar-refractivity contribution is 5.94. The van der Waals surface area contributed by atoms with Crippen LogP contribution >= 0.6 is 0 Å². The number of carbonyl (C=O) groups excluding carboxylic acids is 1. The molecule has 2 aromatic rings. The second-order valence-corrected chi connectivity index (χ2v) is 5.07. The van der Waals surface area contributed by atoms with E-state index in [0.29, 0.717) is 31.5 Å². The summed E-state index contributed by atoms with van der Waals surface area (Å²) in [5, 5.41) is 0. The van der Waals surface area contributed by atoms with Gasteiger partial charge >= 0.3 is 0 Å². The van der Waals surface area contributed by atoms with Gasteiger partial charge in [-0.1, -0.05) is 6.07 Å². The molecule has 1 amide bonds. The molecule has 1 unspecified atom stereocenters. The normalized spacial score (nSPS) is 17.5. The highest BCUT2D eigenvalue weighted by Crippen LogP contribution is 2.19. The van der Waals surface area contributed by atoms with Crippen LogP contribution in [0.2, 0.25) is 0 Å². The van der Waals surface area contributed by atoms with Gasteiger partial charge in [-0.25, -0.2) is 13.8 Å². The minimum atomic E-state index is -0.848. The quantitative estimate of drug-likeness (QED) is 0.875. The van der Waals surface area contributed by atoms with Crippen LogP contribution in [0, 0.1) is 11.6 Å². The number of nitrogens with zero attached hydrogens (tertiary/aromatic N) is 2. The number of carbonyl (C=O) groups is 1. The molecule has 4 nitrogen and oxygen atoms in total. The highest BCUT2D eigenvalue weighted by Gasteiger charge is 2.29. The zero-order valence-electron chi connectivity index (χ0n) is 11.7. The first kappa shape index (κ1) is 14.4. The van der Waals surface area contributed by atoms with E-state index >= 15 is 0 Å². The number of halogens is 2. The van der Waals surface area contributed by atoms with E-state index < -0.39 is 17.5 Å². The van der Waals surface area contributed by atoms with Crippen molar-refractivity contribution < 1.29 is 18.3 Å². The van der Waals surface area contributed by atoms with Gasteiger partial charge in [0.05, 0.1) is 12.1 Å². The number of hydrogen-bond acceptors (Lipinski definition) is 3. The number of amides is 1. The molecule has 0 saturated carbocycles. The van der Waals surface area contributed by atoms with E-state index in [2.05, 4.69) is 4.98 Å². The van der Waals surface area contributed by atoms with E-state index in [9.17, 15) is 13.6 Å². The van der Waals surface area contributed by atoms with Crippen molar-refractivity contribution in [3.8, 4) is 5.88 Å². The Morgan fingerprint density at radius 3 is 2.86 bits per heavy atom. The lowest BCUT2D eigenvalue weighted by atomic mass is 10.2. The first-order chi connectivity index (χ1) is 10.6. The van der Waals surface area contributed by atoms with Crippen LogP contribution in [0.25, 0.3) is 0 Å². The summed E-state index contributed by atoms with van der Waals surface area (Å²) < 4.78 is 32.3. The molecule has 1 aromatic carbocycles. The maximum atomic E-state index is 13.7. The van der Waals surface area contributed by atoms with Gasteiger partial charge in [0, 0.05) is 31.3 Å². The lowest BCUT2D eigenvalue weighted by Crippen LogP contribution is -2.31. The van der Waals surface area contributed by atoms with Crippen molar-refractivity contribution in [1.29, 1.82) is 0 Å². The Labute approximate surface area is 126 Å². The molecule has 22 heavy (non-hydrogen) atoms. The fourth-order valence-electron chi connectivity index (χ4n) is 2.43. The predicted octanol–water partition coefficient (Wildman–Crippen LogP) is 2.65. The summed E-state index contributed by atoms with van der Waals surface area (Å²) in [4.78, 5) is 17.8. The number of ether oxygens (including phenoxy) is 1. The summed E-state index contributed by atoms with van der Waals surface area (Å²) >= 11 is 0. The van der Waals surface area contributed by atoms with Crippen LogP contribution in [-0.2, 0) is 0 Å². The molecule has 0 radical (unpaired) electrons. The average molecular weight is 304 g/mol. The number of benzene rings is 1. The number of rotatable bonds is 3. The van der Waals surface area contributed by atoms with Crippen LogP contribution < -0.4 is 4.74 Å². The van der Waals surface area contributed by atoms with Crippen LogP contribution in [-0.4, -0.2) is 35.0 Å². The monoisotopic (exact) mass is 304 g/mol. The van der Waals surface area contributed by atoms with E-state index in [-0.39, 0.29) is 11.7 Å². The minimum absolute atomic E-state index is 0.125. The van der Waals surface area contributed by atoms with E-state index in [1.165, 1.54) is 11.0 Å². The summed E-state index contributed by atoms with van der Waals surface area (Å²) in [7, 11) is 0. The molecule has 3 rings (SSSR count). The molecular weight excluding hydrogens is 290 g/mol. The van der Waals surface area contributed by atoms with Crippen LogP contribution in [0.4, 0.5) is 8.78 Å². The molecule has 6 heteroatoms. The topological polar surface area (TPSA) is 42.4 Å². The van der Waals surface area contributed by atoms with Gasteiger partial charge in [-0.05, 0) is 18.2 Å². The third kappa shape index (κ3) is 3.05. The smallest absolute Gasteiger partial charge is 0.256 e. The van der Waals surface area contributed by atoms with Gasteiger partial charge in [0.15, 0.2) is 0 Å². The van der Waals surface area contributed by atoms with Crippen LogP contribution in [0.3, 0.4) is 0 Å². The van der Waals surface area contributed by atoms with E-state index in [1.54, 1.807) is 18.3 Å². The number of aromatic nitrogens is 1. The van der Waals surface area contributed by atoms with Gasteiger partial charge < -0.3 is 9.64 Å². The molecule has 1 aliphatic heterocycles. The van der Waals surface area contributed by atoms with Crippen molar-refractivity contribution in [3.05, 3.63) is 59.8 Å². The standard InChI is InChI=1S/C16H14F2N2O2/c17-11-4-5-13(14(18)9-11)16(21)20-8-6-12(10-20)22-15-3-1-2-7-19-15/h1-5,7,9,12H,6,8,10H2. The average Bonchev–Trinajstić information content (AvgIpc) is 2.96. The Morgan fingerprint density at radius 2 is 2.14 bits per heavy atom. The molecule has 1 aromatic heterocycles. The van der Waals surface area contributed by atoms with Gasteiger partial charge in [0.2, 0.25) is 5.88 Å². The number of hydrogen-bond donors (Lipinski definition) is 0. The van der Waals surface area contributed by atoms with Crippen molar-refractivity contribution in [2.45, 2.75) is 12.5 Å². The molecule has 1 aliphatic rings. The Hall–Kier alpha value is -2.50. The van der Waals surface area contributed by atoms with Crippen molar-refractivity contribution in [1.82, 2.24) is 9.88 Å². The van der Waals surface area contributed by atoms with Crippen LogP contribution in [0.5, 0.6) is 5.88 Å². The molecule has 0 bridgehead atoms. The van der Waals surface area contributed by atoms with E-state index in [0.717, 1.165) is 6.07 Å². The maximum absolute atomic E-state index is 13.7. The SMILES string of the molecule is O=C(c1ccc(F)cc1F)N1CCC(Oc2ccccn2)C1. The van der Waals surface area contributed by atoms with Crippen molar-refractivity contribution in [2.24, 2.45) is 0 Å². The Bertz CT molecular complexity index is 679. The lowest BCUT2D eigenvalue weighted by Gasteiger charge is -2.17. The highest BCUT2D eigenvalue weighted by atomic mass is 19.1. The van der Waals surface area contributed by atoms with Gasteiger partial charge in [0.25, 0.3) is 5.91 Å². The first-order valence-corrected chi connectivity index (χ1v) is 6.95. The lowest BCUT2D eigenvalue weighted by molar-refractivity contribution is 0.0766. The summed E-state index contributed by atoms with van der Waals surface area (Å²) in [6.45, 7) is 0.819. The molecule has 0 N–H and O–H groups in total. The molecule has 1 saturated heterocycles. The summed E-state index contributed by atoms with van der Waals surface area (Å²) in [6.07, 6.45) is 2.09. The van der Waals surface area contributed by atoms with Crippen LogP contribution in [0.1, 0.15) is 16.8 Å². The molecule has 0 aliphatic carbocycles. The summed E-state index contributed by atoms with van der Waals surface area (Å²) in [5.74, 6) is -1.51. The van der Waals surface area contributed by atoms with Gasteiger partial charge in [-0.15, -0.1) is 0 Å². The maximum Gasteiger partial charge on any atom is 0.256 e. The zero-order chi connectivity index (χ0) is 15.5. The molecule has 114 valence electrons. The third-order valence-corrected chi connectivity index (χ3v) is 3.52. The molecule has 2 heterocycles. The van der Waals surface area contributed by atoms with Crippen molar-refractivity contribution in [2.75, 3.05) is 13.1 Å². The van der Waals surface area contributed by atoms with Gasteiger partial charge in [-0.2, -0.15) is 0 Å². The number of likely N-dealkylation sites (tertiary alicyclic amines) is 1. The zero-order valence-corrected chi connectivity index (χ0v) is 11.7. The fraction of sp³-hybridized carbons (Fsp3) is 0.250. The second kappa shape index (κ2) is 6.09. The van der Waals surface area contributed by atoms with E-state index in [1.807, 2.05) is 6.07 Å². The van der Waals surface area contributed by atoms with Crippen molar-refractivity contribution >= 4 is 5.91 Å². The largest absolute Gasteiger partial charge is 0.472 e. The van der Waals surface area contributed by atoms with Gasteiger partial charge in [0.1, 0.15) is 17.7 Å². The molecule has 1 fully saturated rings. The molecule has 1 atom stereocenters. The number of pyridine rings is 1. The van der Waals surface area contributed by atoms with Crippen molar-refractivity contribution in [3.63, 3.8) is 0 Å². The Morgan fingerprint density at radius 1 is 1.27 bits per heavy atom. The summed E-state index contributed by atoms with van der Waals surface area (Å²) in [5.41, 5.74) is -0.125. The first-order valence-electron chi connectivity index (χ1n) is 6.95. The minimum Gasteiger partial charge on any atom is -0.472 e. The Balaban J connectivity index is 1.66. The molecular formula is C16H14F2N2O2. The third-order valence-electron chi connectivity index (χ3n) is 3.52. The van der Waals surface area contributed by atoms with E-state index in [4.69, 9.17) is 4.74 Å². The molecule has 0 spiro atoms. The van der Waals surface area contributed by atoms with Crippen LogP contribution in [0.15, 0.2) is 42.6 Å². The Kier molecular flexibility index (Phi) is 4.00. The second-order valence-electron chi connectivity index (χ2n) is 5.07.